The third kappa shape index (κ3) is 4.87. The van der Waals surface area contributed by atoms with Crippen molar-refractivity contribution < 1.29 is 14.4 Å². The van der Waals surface area contributed by atoms with E-state index in [0.29, 0.717) is 0 Å². The van der Waals surface area contributed by atoms with E-state index in [0.717, 1.165) is 9.08 Å². The predicted molar refractivity (Wildman–Crippen MR) is 90.4 cm³/mol. The van der Waals surface area contributed by atoms with Crippen molar-refractivity contribution >= 4 is 29.4 Å². The number of hydrogen-bond acceptors (Lipinski definition) is 10. The number of amides is 2. The van der Waals surface area contributed by atoms with E-state index in [1.807, 2.05) is 0 Å². The standard InChI is InChI=1S/C6H6N6O2.C4H3N5O.C2H3NO/c1-11-6(14)12-2-8-3(4(7)13)5(12)9-10-11;5-3(10)2-4(9-6)8-1-7-2;1-3-2-4/h2H,1H3,(H2,7,13);1H,(H2-,5,7,8,10);1H3/p+1. The van der Waals surface area contributed by atoms with Crippen molar-refractivity contribution in [3.05, 3.63) is 39.5 Å². The SMILES string of the molecule is CN=C=O.Cn1nnc2c(C(N)=O)ncn2c1=O.N#[N+]c1nc[nH]c1C(N)=O. The maximum atomic E-state index is 11.4. The zero-order valence-electron chi connectivity index (χ0n) is 14.5. The minimum absolute atomic E-state index is 0.00231. The van der Waals surface area contributed by atoms with E-state index in [1.54, 1.807) is 0 Å². The van der Waals surface area contributed by atoms with Gasteiger partial charge in [-0.25, -0.2) is 24.0 Å². The molecule has 0 saturated carbocycles. The summed E-state index contributed by atoms with van der Waals surface area (Å²) >= 11 is 0. The summed E-state index contributed by atoms with van der Waals surface area (Å²) in [5, 5.41) is 15.3. The molecule has 5 N–H and O–H groups in total. The summed E-state index contributed by atoms with van der Waals surface area (Å²) in [5.41, 5.74) is 9.45. The van der Waals surface area contributed by atoms with E-state index in [2.05, 4.69) is 35.2 Å². The first-order valence-corrected chi connectivity index (χ1v) is 6.99. The van der Waals surface area contributed by atoms with Crippen LogP contribution in [-0.4, -0.2) is 59.3 Å². The molecule has 0 radical (unpaired) electrons. The molecule has 3 heterocycles. The molecule has 0 atom stereocenters. The second-order valence-electron chi connectivity index (χ2n) is 4.53. The van der Waals surface area contributed by atoms with Crippen LogP contribution < -0.4 is 17.2 Å². The third-order valence-corrected chi connectivity index (χ3v) is 2.78. The summed E-state index contributed by atoms with van der Waals surface area (Å²) in [5.74, 6) is -1.53. The first-order chi connectivity index (χ1) is 13.3. The molecule has 0 saturated heterocycles. The van der Waals surface area contributed by atoms with Gasteiger partial charge in [0.1, 0.15) is 6.33 Å². The van der Waals surface area contributed by atoms with Crippen LogP contribution >= 0.6 is 0 Å². The van der Waals surface area contributed by atoms with Crippen molar-refractivity contribution in [2.75, 3.05) is 7.05 Å². The highest BCUT2D eigenvalue weighted by molar-refractivity contribution is 5.96. The number of aliphatic imine (C=N–C) groups is 1. The van der Waals surface area contributed by atoms with Crippen molar-refractivity contribution in [1.82, 2.24) is 34.3 Å². The number of carbonyl (C=O) groups excluding carboxylic acids is 3. The normalized spacial score (nSPS) is 9.04. The zero-order chi connectivity index (χ0) is 21.3. The summed E-state index contributed by atoms with van der Waals surface area (Å²) in [6.07, 6.45) is 3.71. The van der Waals surface area contributed by atoms with Crippen LogP contribution in [0.3, 0.4) is 0 Å². The third-order valence-electron chi connectivity index (χ3n) is 2.78. The van der Waals surface area contributed by atoms with Crippen LogP contribution in [0.15, 0.2) is 22.4 Å². The fourth-order valence-corrected chi connectivity index (χ4v) is 1.60. The van der Waals surface area contributed by atoms with Crippen LogP contribution in [-0.2, 0) is 11.8 Å². The van der Waals surface area contributed by atoms with Gasteiger partial charge in [-0.3, -0.25) is 9.59 Å². The van der Waals surface area contributed by atoms with Crippen LogP contribution in [0.5, 0.6) is 0 Å². The molecule has 0 bridgehead atoms. The number of aromatic nitrogens is 7. The summed E-state index contributed by atoms with van der Waals surface area (Å²) < 4.78 is 2.13. The molecule has 3 aromatic heterocycles. The van der Waals surface area contributed by atoms with Crippen molar-refractivity contribution in [1.29, 1.82) is 5.39 Å². The highest BCUT2D eigenvalue weighted by Crippen LogP contribution is 2.10. The van der Waals surface area contributed by atoms with Crippen molar-refractivity contribution in [2.45, 2.75) is 0 Å². The van der Waals surface area contributed by atoms with Gasteiger partial charge in [-0.1, -0.05) is 5.21 Å². The second-order valence-corrected chi connectivity index (χ2v) is 4.53. The number of isocyanates is 1. The Morgan fingerprint density at radius 2 is 1.96 bits per heavy atom. The van der Waals surface area contributed by atoms with Gasteiger partial charge in [-0.05, 0) is 4.98 Å². The van der Waals surface area contributed by atoms with Gasteiger partial charge in [-0.15, -0.1) is 5.10 Å². The summed E-state index contributed by atoms with van der Waals surface area (Å²) in [6.45, 7) is 0. The first-order valence-electron chi connectivity index (χ1n) is 6.99. The Kier molecular flexibility index (Phi) is 7.33. The maximum absolute atomic E-state index is 11.4. The Morgan fingerprint density at radius 3 is 2.43 bits per heavy atom. The number of nitrogens with zero attached hydrogens (tertiary/aromatic N) is 9. The van der Waals surface area contributed by atoms with Gasteiger partial charge in [0.25, 0.3) is 11.8 Å². The van der Waals surface area contributed by atoms with Gasteiger partial charge >= 0.3 is 11.5 Å². The van der Waals surface area contributed by atoms with Crippen LogP contribution in [0.2, 0.25) is 0 Å². The number of nitrogens with two attached hydrogens (primary N) is 2. The quantitative estimate of drug-likeness (QED) is 0.246. The smallest absolute Gasteiger partial charge is 0.364 e. The Labute approximate surface area is 154 Å². The topological polar surface area (TPSA) is 238 Å². The van der Waals surface area contributed by atoms with Gasteiger partial charge in [-0.2, -0.15) is 4.68 Å². The average molecular weight is 389 g/mol. The van der Waals surface area contributed by atoms with E-state index in [-0.39, 0.29) is 22.9 Å². The lowest BCUT2D eigenvalue weighted by Crippen LogP contribution is -2.27. The van der Waals surface area contributed by atoms with E-state index < -0.39 is 17.5 Å². The minimum Gasteiger partial charge on any atom is -0.364 e. The number of fused-ring (bicyclic) bond motifs is 1. The molecule has 16 heteroatoms. The van der Waals surface area contributed by atoms with Crippen LogP contribution in [0.4, 0.5) is 5.82 Å². The van der Waals surface area contributed by atoms with Crippen molar-refractivity contribution in [3.63, 3.8) is 0 Å². The fraction of sp³-hybridized carbons (Fsp3) is 0.167. The number of aryl methyl sites for hydroxylation is 1. The van der Waals surface area contributed by atoms with Gasteiger partial charge in [0.2, 0.25) is 18.1 Å². The van der Waals surface area contributed by atoms with Crippen LogP contribution in [0.25, 0.3) is 10.6 Å². The van der Waals surface area contributed by atoms with Gasteiger partial charge in [0.05, 0.1) is 5.39 Å². The van der Waals surface area contributed by atoms with Crippen LogP contribution in [0.1, 0.15) is 21.0 Å². The summed E-state index contributed by atoms with van der Waals surface area (Å²) in [7, 11) is 2.83. The summed E-state index contributed by atoms with van der Waals surface area (Å²) in [4.78, 5) is 56.7. The molecule has 0 aromatic carbocycles. The lowest BCUT2D eigenvalue weighted by atomic mass is 10.4. The maximum Gasteiger partial charge on any atom is 0.495 e. The lowest BCUT2D eigenvalue weighted by Gasteiger charge is -1.95. The summed E-state index contributed by atoms with van der Waals surface area (Å²) in [6, 6.07) is 0. The Balaban J connectivity index is 0.000000245. The lowest BCUT2D eigenvalue weighted by molar-refractivity contribution is 0.0988. The number of hydrogen-bond donors (Lipinski definition) is 3. The zero-order valence-corrected chi connectivity index (χ0v) is 14.5. The molecule has 28 heavy (non-hydrogen) atoms. The fourth-order valence-electron chi connectivity index (χ4n) is 1.60. The molecular weight excluding hydrogens is 376 g/mol. The van der Waals surface area contributed by atoms with Gasteiger partial charge in [0, 0.05) is 19.1 Å². The predicted octanol–water partition coefficient (Wildman–Crippen LogP) is -2.13. The van der Waals surface area contributed by atoms with Crippen molar-refractivity contribution in [3.8, 4) is 0 Å². The number of rotatable bonds is 2. The highest BCUT2D eigenvalue weighted by Gasteiger charge is 2.20. The number of carbonyl (C=O) groups is 2. The molecule has 0 aliphatic carbocycles. The molecule has 2 amide bonds. The average Bonchev–Trinajstić information content (AvgIpc) is 3.32. The first kappa shape index (κ1) is 21.3. The number of imidazole rings is 2. The number of primary amides is 2. The number of H-pyrrole nitrogens is 1. The Bertz CT molecular complexity index is 1140. The Morgan fingerprint density at radius 1 is 1.32 bits per heavy atom. The number of nitrogens with one attached hydrogen (secondary N) is 1. The minimum atomic E-state index is -0.741. The highest BCUT2D eigenvalue weighted by atomic mass is 16.2. The number of diazo groups is 1. The molecule has 0 aliphatic rings. The molecular formula is C12H13N12O4+. The molecule has 0 fully saturated rings. The molecule has 0 aliphatic heterocycles. The molecule has 0 unspecified atom stereocenters. The monoisotopic (exact) mass is 389 g/mol. The molecule has 3 aromatic rings. The van der Waals surface area contributed by atoms with E-state index in [1.165, 1.54) is 32.8 Å². The van der Waals surface area contributed by atoms with Crippen molar-refractivity contribution in [2.24, 2.45) is 23.5 Å². The van der Waals surface area contributed by atoms with Gasteiger partial charge < -0.3 is 16.5 Å². The molecule has 3 rings (SSSR count). The largest absolute Gasteiger partial charge is 0.495 e. The second kappa shape index (κ2) is 9.65. The van der Waals surface area contributed by atoms with E-state index in [4.69, 9.17) is 21.7 Å². The van der Waals surface area contributed by atoms with Gasteiger partial charge in [0.15, 0.2) is 11.3 Å². The number of aromatic amines is 1. The molecule has 16 nitrogen and oxygen atoms in total. The van der Waals surface area contributed by atoms with E-state index >= 15 is 0 Å². The van der Waals surface area contributed by atoms with Crippen LogP contribution in [0, 0.1) is 5.39 Å². The molecule has 0 spiro atoms. The Hall–Kier alpha value is -4.77. The molecule has 144 valence electrons. The van der Waals surface area contributed by atoms with E-state index in [9.17, 15) is 14.4 Å².